The molecule has 0 radical (unpaired) electrons. The molecule has 0 bridgehead atoms. The fourth-order valence-electron chi connectivity index (χ4n) is 3.42. The maximum absolute atomic E-state index is 12.8. The van der Waals surface area contributed by atoms with Crippen LogP contribution in [0.1, 0.15) is 51.1 Å². The van der Waals surface area contributed by atoms with Crippen molar-refractivity contribution in [3.8, 4) is 0 Å². The van der Waals surface area contributed by atoms with Crippen molar-refractivity contribution in [1.82, 2.24) is 10.3 Å². The van der Waals surface area contributed by atoms with Crippen LogP contribution in [0, 0.1) is 5.82 Å². The normalized spacial score (nSPS) is 11.4. The topological polar surface area (TPSA) is 75.9 Å². The Kier molecular flexibility index (Phi) is 15.8. The van der Waals surface area contributed by atoms with Crippen molar-refractivity contribution in [2.24, 2.45) is 10.2 Å². The summed E-state index contributed by atoms with van der Waals surface area (Å²) in [6.45, 7) is 7.99. The van der Waals surface area contributed by atoms with E-state index in [9.17, 15) is 31.1 Å². The number of aromatic nitrogens is 1. The van der Waals surface area contributed by atoms with E-state index < -0.39 is 24.9 Å². The van der Waals surface area contributed by atoms with E-state index in [2.05, 4.69) is 33.9 Å². The molecule has 222 valence electrons. The minimum Gasteiger partial charge on any atom is -0.371 e. The van der Waals surface area contributed by atoms with Crippen molar-refractivity contribution in [3.63, 3.8) is 0 Å². The van der Waals surface area contributed by atoms with Crippen LogP contribution < -0.4 is 5.32 Å². The molecule has 1 atom stereocenters. The van der Waals surface area contributed by atoms with Crippen LogP contribution in [0.4, 0.5) is 26.3 Å². The fourth-order valence-corrected chi connectivity index (χ4v) is 3.42. The van der Waals surface area contributed by atoms with Gasteiger partial charge in [0.15, 0.2) is 0 Å². The Labute approximate surface area is 235 Å². The molecule has 0 saturated carbocycles. The third-order valence-corrected chi connectivity index (χ3v) is 5.42. The van der Waals surface area contributed by atoms with Gasteiger partial charge in [-0.05, 0) is 65.9 Å². The summed E-state index contributed by atoms with van der Waals surface area (Å²) in [6.07, 6.45) is -4.27. The largest absolute Gasteiger partial charge is 0.433 e. The second-order valence-corrected chi connectivity index (χ2v) is 8.58. The zero-order valence-corrected chi connectivity index (χ0v) is 22.7. The van der Waals surface area contributed by atoms with Crippen LogP contribution >= 0.6 is 0 Å². The minimum atomic E-state index is -4.42. The van der Waals surface area contributed by atoms with Crippen molar-refractivity contribution >= 4 is 19.7 Å². The molecule has 1 aromatic heterocycles. The number of aldehydes is 1. The van der Waals surface area contributed by atoms with Crippen LogP contribution in [0.5, 0.6) is 0 Å². The average Bonchev–Trinajstić information content (AvgIpc) is 2.95. The zero-order valence-electron chi connectivity index (χ0n) is 22.7. The van der Waals surface area contributed by atoms with Gasteiger partial charge >= 0.3 is 6.18 Å². The van der Waals surface area contributed by atoms with Gasteiger partial charge in [-0.3, -0.25) is 9.78 Å². The number of rotatable bonds is 11. The lowest BCUT2D eigenvalue weighted by molar-refractivity contribution is -0.141. The maximum Gasteiger partial charge on any atom is 0.433 e. The number of hydrogen-bond donors (Lipinski definition) is 1. The molecule has 1 unspecified atom stereocenters. The molecule has 0 spiro atoms. The molecule has 12 heteroatoms. The number of alkyl halides is 5. The van der Waals surface area contributed by atoms with Gasteiger partial charge in [0, 0.05) is 31.7 Å². The predicted molar refractivity (Wildman–Crippen MR) is 147 cm³/mol. The molecule has 3 rings (SSSR count). The molecule has 0 saturated heterocycles. The minimum absolute atomic E-state index is 0.00949. The van der Waals surface area contributed by atoms with E-state index in [0.717, 1.165) is 29.0 Å². The lowest BCUT2D eigenvalue weighted by atomic mass is 9.95. The summed E-state index contributed by atoms with van der Waals surface area (Å²) in [6, 6.07) is 13.7. The molecular weight excluding hydrogens is 550 g/mol. The highest BCUT2D eigenvalue weighted by Crippen LogP contribution is 2.28. The number of pyridine rings is 1. The molecule has 1 heterocycles. The van der Waals surface area contributed by atoms with Crippen molar-refractivity contribution < 1.29 is 35.9 Å². The number of nitrogens with zero attached hydrogens (tertiary/aromatic N) is 3. The first kappa shape index (κ1) is 35.1. The SMILES string of the molecule is C=NN=C.CC(Cc1ccc(F)cc1)c1ccc(C(F)(F)F)nc1.CNCc1ccc(COCC(F)F)cc1C=O. The Morgan fingerprint density at radius 2 is 1.66 bits per heavy atom. The Balaban J connectivity index is 0.000000367. The van der Waals surface area contributed by atoms with Crippen LogP contribution in [-0.4, -0.2) is 44.8 Å². The molecule has 3 aromatic rings. The molecular formula is C29H32F6N4O2. The number of nitrogens with one attached hydrogen (secondary N) is 1. The van der Waals surface area contributed by atoms with Gasteiger partial charge in [-0.25, -0.2) is 13.2 Å². The third-order valence-electron chi connectivity index (χ3n) is 5.42. The van der Waals surface area contributed by atoms with Crippen molar-refractivity contribution in [1.29, 1.82) is 0 Å². The summed E-state index contributed by atoms with van der Waals surface area (Å²) in [5, 5.41) is 8.95. The number of hydrogen-bond acceptors (Lipinski definition) is 6. The van der Waals surface area contributed by atoms with E-state index in [4.69, 9.17) is 4.74 Å². The highest BCUT2D eigenvalue weighted by atomic mass is 19.4. The van der Waals surface area contributed by atoms with Gasteiger partial charge in [0.2, 0.25) is 0 Å². The van der Waals surface area contributed by atoms with Gasteiger partial charge in [-0.2, -0.15) is 23.4 Å². The summed E-state index contributed by atoms with van der Waals surface area (Å²) >= 11 is 0. The monoisotopic (exact) mass is 582 g/mol. The number of carbonyl (C=O) groups is 1. The van der Waals surface area contributed by atoms with E-state index in [1.165, 1.54) is 24.4 Å². The van der Waals surface area contributed by atoms with Crippen LogP contribution in [0.2, 0.25) is 0 Å². The van der Waals surface area contributed by atoms with E-state index >= 15 is 0 Å². The van der Waals surface area contributed by atoms with Gasteiger partial charge in [-0.15, -0.1) is 0 Å². The molecule has 0 fully saturated rings. The quantitative estimate of drug-likeness (QED) is 0.116. The summed E-state index contributed by atoms with van der Waals surface area (Å²) in [4.78, 5) is 14.3. The van der Waals surface area contributed by atoms with Gasteiger partial charge in [0.1, 0.15) is 24.4 Å². The Hall–Kier alpha value is -3.90. The maximum atomic E-state index is 12.8. The highest BCUT2D eigenvalue weighted by molar-refractivity contribution is 5.77. The van der Waals surface area contributed by atoms with Crippen LogP contribution in [0.15, 0.2) is 71.0 Å². The van der Waals surface area contributed by atoms with E-state index in [-0.39, 0.29) is 18.3 Å². The third kappa shape index (κ3) is 13.8. The molecule has 6 nitrogen and oxygen atoms in total. The summed E-state index contributed by atoms with van der Waals surface area (Å²) in [7, 11) is 1.79. The highest BCUT2D eigenvalue weighted by Gasteiger charge is 2.32. The first-order valence-electron chi connectivity index (χ1n) is 12.2. The van der Waals surface area contributed by atoms with E-state index in [1.807, 2.05) is 6.92 Å². The number of halogens is 6. The van der Waals surface area contributed by atoms with Crippen molar-refractivity contribution in [3.05, 3.63) is 100 Å². The second-order valence-electron chi connectivity index (χ2n) is 8.58. The van der Waals surface area contributed by atoms with Gasteiger partial charge in [0.05, 0.1) is 6.61 Å². The zero-order chi connectivity index (χ0) is 30.8. The van der Waals surface area contributed by atoms with E-state index in [0.29, 0.717) is 24.1 Å². The van der Waals surface area contributed by atoms with E-state index in [1.54, 1.807) is 37.4 Å². The molecule has 0 aliphatic rings. The van der Waals surface area contributed by atoms with Crippen LogP contribution in [-0.2, 0) is 30.5 Å². The van der Waals surface area contributed by atoms with Crippen LogP contribution in [0.25, 0.3) is 0 Å². The lowest BCUT2D eigenvalue weighted by Gasteiger charge is -2.13. The molecule has 0 aliphatic carbocycles. The molecule has 2 aromatic carbocycles. The Morgan fingerprint density at radius 3 is 2.15 bits per heavy atom. The van der Waals surface area contributed by atoms with Gasteiger partial charge < -0.3 is 10.1 Å². The lowest BCUT2D eigenvalue weighted by Crippen LogP contribution is -2.08. The fraction of sp³-hybridized carbons (Fsp3) is 0.310. The summed E-state index contributed by atoms with van der Waals surface area (Å²) in [5.74, 6) is -0.298. The Bertz CT molecular complexity index is 1200. The summed E-state index contributed by atoms with van der Waals surface area (Å²) in [5.41, 5.74) is 2.90. The molecule has 41 heavy (non-hydrogen) atoms. The standard InChI is InChI=1S/C15H13F4N.C12H15F2NO2.C2H4N2/c1-10(8-11-2-5-13(16)6-3-11)12-4-7-14(20-9-12)15(17,18)19;1-15-5-10-3-2-9(4-11(10)6-16)7-17-8-12(13)14;1-3-4-2/h2-7,9-10H,8H2,1H3;2-4,6,12,15H,5,7-8H2,1H3;1-2H2. The number of benzene rings is 2. The first-order chi connectivity index (χ1) is 19.4. The van der Waals surface area contributed by atoms with Crippen molar-refractivity contribution in [2.75, 3.05) is 13.7 Å². The number of ether oxygens (including phenoxy) is 1. The molecule has 0 aliphatic heterocycles. The second kappa shape index (κ2) is 18.4. The van der Waals surface area contributed by atoms with Gasteiger partial charge in [0.25, 0.3) is 6.43 Å². The predicted octanol–water partition coefficient (Wildman–Crippen LogP) is 6.89. The number of carbonyl (C=O) groups excluding carboxylic acids is 1. The molecule has 1 N–H and O–H groups in total. The van der Waals surface area contributed by atoms with Crippen LogP contribution in [0.3, 0.4) is 0 Å². The summed E-state index contributed by atoms with van der Waals surface area (Å²) < 4.78 is 78.5. The first-order valence-corrected chi connectivity index (χ1v) is 12.2. The smallest absolute Gasteiger partial charge is 0.371 e. The molecule has 0 amide bonds. The Morgan fingerprint density at radius 1 is 1.02 bits per heavy atom. The average molecular weight is 583 g/mol. The van der Waals surface area contributed by atoms with Gasteiger partial charge in [-0.1, -0.05) is 37.3 Å². The van der Waals surface area contributed by atoms with Crippen molar-refractivity contribution in [2.45, 2.75) is 45.0 Å².